The van der Waals surface area contributed by atoms with Crippen LogP contribution >= 0.6 is 0 Å². The van der Waals surface area contributed by atoms with Gasteiger partial charge in [-0.25, -0.2) is 9.59 Å². The van der Waals surface area contributed by atoms with Crippen LogP contribution in [-0.2, 0) is 33.5 Å². The van der Waals surface area contributed by atoms with Gasteiger partial charge in [-0.05, 0) is 32.6 Å². The van der Waals surface area contributed by atoms with E-state index < -0.39 is 84.2 Å². The number of nitrogens with one attached hydrogen (secondary N) is 4. The quantitative estimate of drug-likeness (QED) is 0.181. The third-order valence-electron chi connectivity index (χ3n) is 6.18. The first-order valence-electron chi connectivity index (χ1n) is 12.0. The molecule has 222 valence electrons. The third kappa shape index (κ3) is 9.35. The van der Waals surface area contributed by atoms with E-state index in [2.05, 4.69) is 21.3 Å². The highest BCUT2D eigenvalue weighted by atomic mass is 19.4. The molecule has 4 amide bonds. The maximum absolute atomic E-state index is 12.9. The molecule has 2 rings (SSSR count). The lowest BCUT2D eigenvalue weighted by Gasteiger charge is -2.29. The highest BCUT2D eigenvalue weighted by Crippen LogP contribution is 2.36. The molecule has 1 saturated heterocycles. The first-order chi connectivity index (χ1) is 17.9. The summed E-state index contributed by atoms with van der Waals surface area (Å²) in [4.78, 5) is 72.4. The van der Waals surface area contributed by atoms with E-state index in [0.717, 1.165) is 0 Å². The van der Waals surface area contributed by atoms with Crippen LogP contribution in [0.2, 0.25) is 0 Å². The zero-order valence-corrected chi connectivity index (χ0v) is 21.8. The van der Waals surface area contributed by atoms with Gasteiger partial charge in [-0.15, -0.1) is 0 Å². The molecule has 39 heavy (non-hydrogen) atoms. The minimum atomic E-state index is -5.08. The number of halogens is 3. The summed E-state index contributed by atoms with van der Waals surface area (Å²) in [6.07, 6.45) is -4.88. The van der Waals surface area contributed by atoms with Crippen LogP contribution in [0.4, 0.5) is 13.2 Å². The van der Waals surface area contributed by atoms with Gasteiger partial charge in [0.15, 0.2) is 0 Å². The average molecular weight is 570 g/mol. The number of hydrogen-bond donors (Lipinski definition) is 7. The number of aliphatic hydroxyl groups is 1. The molecule has 1 aliphatic carbocycles. The summed E-state index contributed by atoms with van der Waals surface area (Å²) in [7, 11) is 0. The predicted octanol–water partition coefficient (Wildman–Crippen LogP) is -1.95. The number of aliphatic hydroxyl groups excluding tert-OH is 1. The number of carbonyl (C=O) groups excluding carboxylic acids is 5. The Kier molecular flexibility index (Phi) is 11.7. The van der Waals surface area contributed by atoms with Crippen molar-refractivity contribution in [3.8, 4) is 0 Å². The third-order valence-corrected chi connectivity index (χ3v) is 6.18. The fourth-order valence-corrected chi connectivity index (χ4v) is 3.26. The second kappa shape index (κ2) is 13.5. The van der Waals surface area contributed by atoms with E-state index in [0.29, 0.717) is 19.3 Å². The van der Waals surface area contributed by atoms with Gasteiger partial charge in [-0.1, -0.05) is 20.3 Å². The van der Waals surface area contributed by atoms with Crippen molar-refractivity contribution in [2.45, 2.75) is 88.9 Å². The smallest absolute Gasteiger partial charge is 0.475 e. The lowest BCUT2D eigenvalue weighted by molar-refractivity contribution is -0.192. The van der Waals surface area contributed by atoms with Crippen molar-refractivity contribution in [2.24, 2.45) is 11.7 Å². The van der Waals surface area contributed by atoms with E-state index in [1.54, 1.807) is 6.92 Å². The molecular formula is C22H34F3N5O9. The average Bonchev–Trinajstić information content (AvgIpc) is 3.63. The molecule has 1 aliphatic heterocycles. The van der Waals surface area contributed by atoms with Crippen molar-refractivity contribution in [3.63, 3.8) is 0 Å². The van der Waals surface area contributed by atoms with Crippen molar-refractivity contribution in [2.75, 3.05) is 6.61 Å². The lowest BCUT2D eigenvalue weighted by Crippen LogP contribution is -2.60. The first-order valence-corrected chi connectivity index (χ1v) is 12.0. The number of rotatable bonds is 5. The van der Waals surface area contributed by atoms with Gasteiger partial charge in [0.1, 0.15) is 35.8 Å². The van der Waals surface area contributed by atoms with Crippen LogP contribution in [0.5, 0.6) is 0 Å². The summed E-state index contributed by atoms with van der Waals surface area (Å²) in [5.74, 6) is -6.50. The maximum atomic E-state index is 12.9. The van der Waals surface area contributed by atoms with E-state index >= 15 is 0 Å². The molecule has 14 nitrogen and oxygen atoms in total. The number of esters is 1. The number of cyclic esters (lactones) is 1. The Balaban J connectivity index is 0.000000956. The number of carboxylic acid groups (broad SMARTS) is 1. The molecule has 2 aliphatic rings. The fraction of sp³-hybridized carbons (Fsp3) is 0.727. The number of amides is 4. The molecule has 1 heterocycles. The number of hydrogen-bond acceptors (Lipinski definition) is 9. The molecule has 0 aromatic rings. The van der Waals surface area contributed by atoms with Crippen LogP contribution in [0.3, 0.4) is 0 Å². The largest absolute Gasteiger partial charge is 0.490 e. The molecule has 0 unspecified atom stereocenters. The highest BCUT2D eigenvalue weighted by Gasteiger charge is 2.53. The molecule has 0 aromatic carbocycles. The van der Waals surface area contributed by atoms with E-state index in [1.165, 1.54) is 13.8 Å². The predicted molar refractivity (Wildman–Crippen MR) is 125 cm³/mol. The maximum Gasteiger partial charge on any atom is 0.490 e. The van der Waals surface area contributed by atoms with Crippen molar-refractivity contribution >= 4 is 35.6 Å². The van der Waals surface area contributed by atoms with E-state index in [-0.39, 0.29) is 5.92 Å². The summed E-state index contributed by atoms with van der Waals surface area (Å²) in [6.45, 7) is 5.78. The Morgan fingerprint density at radius 2 is 1.69 bits per heavy atom. The number of aliphatic carboxylic acids is 1. The summed E-state index contributed by atoms with van der Waals surface area (Å²) >= 11 is 0. The number of carbonyl (C=O) groups is 6. The molecule has 0 radical (unpaired) electrons. The normalized spacial score (nSPS) is 26.9. The number of nitrogens with two attached hydrogens (primary N) is 1. The molecule has 0 bridgehead atoms. The van der Waals surface area contributed by atoms with Gasteiger partial charge in [0.2, 0.25) is 23.6 Å². The highest BCUT2D eigenvalue weighted by molar-refractivity contribution is 5.99. The molecule has 0 aromatic heterocycles. The Labute approximate surface area is 221 Å². The fourth-order valence-electron chi connectivity index (χ4n) is 3.26. The minimum Gasteiger partial charge on any atom is -0.475 e. The van der Waals surface area contributed by atoms with Gasteiger partial charge < -0.3 is 42.0 Å². The van der Waals surface area contributed by atoms with Gasteiger partial charge in [0.25, 0.3) is 0 Å². The molecule has 6 atom stereocenters. The second-order valence-electron chi connectivity index (χ2n) is 9.36. The van der Waals surface area contributed by atoms with E-state index in [1.807, 2.05) is 6.92 Å². The van der Waals surface area contributed by atoms with Crippen molar-refractivity contribution in [3.05, 3.63) is 0 Å². The van der Waals surface area contributed by atoms with Crippen molar-refractivity contribution in [1.29, 1.82) is 0 Å². The Bertz CT molecular complexity index is 958. The van der Waals surface area contributed by atoms with Crippen molar-refractivity contribution < 1.29 is 56.9 Å². The van der Waals surface area contributed by atoms with Gasteiger partial charge in [0.05, 0.1) is 6.61 Å². The van der Waals surface area contributed by atoms with Crippen LogP contribution in [0, 0.1) is 5.92 Å². The minimum absolute atomic E-state index is 0.293. The zero-order valence-electron chi connectivity index (χ0n) is 21.8. The second-order valence-corrected chi connectivity index (χ2v) is 9.36. The van der Waals surface area contributed by atoms with Gasteiger partial charge >= 0.3 is 18.1 Å². The summed E-state index contributed by atoms with van der Waals surface area (Å²) in [5.41, 5.74) is 4.38. The van der Waals surface area contributed by atoms with Crippen LogP contribution in [0.15, 0.2) is 0 Å². The van der Waals surface area contributed by atoms with Crippen molar-refractivity contribution in [1.82, 2.24) is 21.3 Å². The molecule has 1 spiro atoms. The number of carboxylic acids is 1. The standard InChI is InChI=1S/C20H33N5O7.C2HF3O2/c1-5-9(2)13-18(30)32-11(4)14(23-16(28)12(21)8-26)17(29)22-10(3)15(27)25-20(6-7-20)19(31)24-13;3-2(4,5)1(6)7/h9-14,26H,5-8,21H2,1-4H3,(H,22,29)(H,23,28)(H,24,31)(H,25,27);(H,6,7)/t9-,10-,11-,12-,13-,14+;/m0./s1. The Morgan fingerprint density at radius 3 is 2.13 bits per heavy atom. The van der Waals surface area contributed by atoms with Crippen LogP contribution in [0.1, 0.15) is 47.0 Å². The molecular weight excluding hydrogens is 535 g/mol. The number of ether oxygens (including phenoxy) is 1. The van der Waals surface area contributed by atoms with E-state index in [4.69, 9.17) is 25.5 Å². The Hall–Kier alpha value is -3.47. The molecule has 2 fully saturated rings. The van der Waals surface area contributed by atoms with Gasteiger partial charge in [0, 0.05) is 0 Å². The SMILES string of the molecule is CC[C@H](C)[C@@H]1NC(=O)C2(CC2)NC(=O)[C@H](C)NC(=O)[C@H](NC(=O)[C@@H](N)CO)[C@H](C)OC1=O.O=C(O)C(F)(F)F. The first kappa shape index (κ1) is 33.6. The van der Waals surface area contributed by atoms with Crippen LogP contribution in [-0.4, -0.2) is 94.4 Å². The molecule has 17 heteroatoms. The topological polar surface area (TPSA) is 226 Å². The van der Waals surface area contributed by atoms with Crippen LogP contribution < -0.4 is 27.0 Å². The summed E-state index contributed by atoms with van der Waals surface area (Å²) in [5, 5.41) is 26.4. The number of alkyl halides is 3. The zero-order chi connectivity index (χ0) is 30.3. The molecule has 8 N–H and O–H groups in total. The van der Waals surface area contributed by atoms with Gasteiger partial charge in [-0.3, -0.25) is 19.2 Å². The van der Waals surface area contributed by atoms with Crippen LogP contribution in [0.25, 0.3) is 0 Å². The summed E-state index contributed by atoms with van der Waals surface area (Å²) < 4.78 is 37.2. The Morgan fingerprint density at radius 1 is 1.15 bits per heavy atom. The summed E-state index contributed by atoms with van der Waals surface area (Å²) in [6, 6.07) is -4.73. The monoisotopic (exact) mass is 569 g/mol. The van der Waals surface area contributed by atoms with E-state index in [9.17, 15) is 37.1 Å². The van der Waals surface area contributed by atoms with Gasteiger partial charge in [-0.2, -0.15) is 13.2 Å². The lowest BCUT2D eigenvalue weighted by atomic mass is 9.98. The molecule has 1 saturated carbocycles.